The highest BCUT2D eigenvalue weighted by molar-refractivity contribution is 7.47. The Hall–Kier alpha value is -1.94. The van der Waals surface area contributed by atoms with Crippen LogP contribution >= 0.6 is 15.6 Å². The number of phosphoric acid groups is 2. The van der Waals surface area contributed by atoms with Crippen LogP contribution in [0.4, 0.5) is 0 Å². The normalized spacial score (nSPS) is 14.2. The average Bonchev–Trinajstić information content (AvgIpc) is 0.911. The lowest BCUT2D eigenvalue weighted by molar-refractivity contribution is -0.161. The summed E-state index contributed by atoms with van der Waals surface area (Å²) < 4.78 is 68.7. The SMILES string of the molecule is CCC(C)CCCCCCCCCCCCCCCCCCCCC(=O)OC[C@H](COP(=O)(O)OC[C@@H](O)COP(=O)(O)OC[C@@H](COC(=O)CCCCCCCCC(C)C)OC(=O)CCCCCCCCCCCCC(C)C)OC(=O)CCCCCCCCCCCCCCCCCCC(C)C. The Morgan fingerprint density at radius 1 is 0.272 bits per heavy atom. The van der Waals surface area contributed by atoms with Gasteiger partial charge in [-0.15, -0.1) is 0 Å². The van der Waals surface area contributed by atoms with Crippen molar-refractivity contribution >= 4 is 39.5 Å². The first-order chi connectivity index (χ1) is 49.6. The summed E-state index contributed by atoms with van der Waals surface area (Å²) in [7, 11) is -9.92. The molecule has 0 bridgehead atoms. The minimum atomic E-state index is -4.97. The summed E-state index contributed by atoms with van der Waals surface area (Å²) in [4.78, 5) is 73.0. The first-order valence-corrected chi connectivity index (χ1v) is 46.2. The Morgan fingerprint density at radius 2 is 0.466 bits per heavy atom. The van der Waals surface area contributed by atoms with Gasteiger partial charge < -0.3 is 33.8 Å². The third-order valence-electron chi connectivity index (χ3n) is 19.9. The van der Waals surface area contributed by atoms with E-state index in [0.717, 1.165) is 114 Å². The van der Waals surface area contributed by atoms with E-state index in [1.807, 2.05) is 0 Å². The quantitative estimate of drug-likeness (QED) is 0.0222. The maximum absolute atomic E-state index is 13.1. The molecule has 0 fully saturated rings. The van der Waals surface area contributed by atoms with Gasteiger partial charge in [-0.1, -0.05) is 383 Å². The zero-order valence-electron chi connectivity index (χ0n) is 68.0. The molecule has 19 heteroatoms. The second-order valence-corrected chi connectivity index (χ2v) is 34.8. The molecule has 3 unspecified atom stereocenters. The predicted molar refractivity (Wildman–Crippen MR) is 423 cm³/mol. The highest BCUT2D eigenvalue weighted by atomic mass is 31.2. The summed E-state index contributed by atoms with van der Waals surface area (Å²) >= 11 is 0. The summed E-state index contributed by atoms with van der Waals surface area (Å²) in [6.07, 6.45) is 61.3. The van der Waals surface area contributed by atoms with Crippen LogP contribution in [0.25, 0.3) is 0 Å². The number of aliphatic hydroxyl groups excluding tert-OH is 1. The van der Waals surface area contributed by atoms with E-state index in [4.69, 9.17) is 37.0 Å². The van der Waals surface area contributed by atoms with E-state index in [0.29, 0.717) is 31.6 Å². The molecule has 3 N–H and O–H groups in total. The molecule has 0 heterocycles. The van der Waals surface area contributed by atoms with E-state index in [9.17, 15) is 43.2 Å². The standard InChI is InChI=1S/C84H164O17P2/c1-9-77(8)63-55-47-38-32-25-21-17-12-10-11-13-18-22-26-33-39-48-56-64-81(86)94-70-79(100-83(88)66-58-50-40-34-27-23-19-15-14-16-20-24-30-36-44-52-60-74(2)3)72-98-102(90,91)96-68-78(85)69-97-103(92,93)99-73-80(71-95-82(87)65-57-49-43-42-46-54-62-76(6)7)101-84(89)67-59-51-41-35-29-28-31-37-45-53-61-75(4)5/h74-80,85H,9-73H2,1-8H3,(H,90,91)(H,92,93)/t77?,78-,79-,80-/m1/s1. The van der Waals surface area contributed by atoms with E-state index in [2.05, 4.69) is 55.4 Å². The minimum Gasteiger partial charge on any atom is -0.462 e. The van der Waals surface area contributed by atoms with E-state index in [1.54, 1.807) is 0 Å². The van der Waals surface area contributed by atoms with Crippen molar-refractivity contribution in [2.45, 2.75) is 453 Å². The first-order valence-electron chi connectivity index (χ1n) is 43.2. The molecule has 0 aromatic rings. The summed E-state index contributed by atoms with van der Waals surface area (Å²) in [6.45, 7) is 14.3. The average molecular weight is 1510 g/mol. The van der Waals surface area contributed by atoms with Crippen LogP contribution in [0.15, 0.2) is 0 Å². The smallest absolute Gasteiger partial charge is 0.462 e. The molecule has 0 saturated heterocycles. The van der Waals surface area contributed by atoms with Gasteiger partial charge in [0, 0.05) is 25.7 Å². The van der Waals surface area contributed by atoms with Crippen molar-refractivity contribution < 1.29 is 80.2 Å². The second kappa shape index (κ2) is 72.9. The zero-order valence-corrected chi connectivity index (χ0v) is 69.7. The second-order valence-electron chi connectivity index (χ2n) is 31.9. The van der Waals surface area contributed by atoms with Crippen molar-refractivity contribution in [3.8, 4) is 0 Å². The Kier molecular flexibility index (Phi) is 71.5. The molecule has 0 radical (unpaired) electrons. The lowest BCUT2D eigenvalue weighted by Gasteiger charge is -2.21. The van der Waals surface area contributed by atoms with Gasteiger partial charge in [0.25, 0.3) is 0 Å². The number of rotatable bonds is 81. The molecule has 6 atom stereocenters. The van der Waals surface area contributed by atoms with Gasteiger partial charge in [0.2, 0.25) is 0 Å². The van der Waals surface area contributed by atoms with Crippen LogP contribution in [0.5, 0.6) is 0 Å². The van der Waals surface area contributed by atoms with Gasteiger partial charge >= 0.3 is 39.5 Å². The van der Waals surface area contributed by atoms with Crippen LogP contribution in [0.2, 0.25) is 0 Å². The number of aliphatic hydroxyl groups is 1. The molecule has 612 valence electrons. The number of hydrogen-bond donors (Lipinski definition) is 3. The van der Waals surface area contributed by atoms with E-state index < -0.39 is 97.5 Å². The molecular formula is C84H164O17P2. The van der Waals surface area contributed by atoms with Crippen LogP contribution in [-0.4, -0.2) is 96.7 Å². The first kappa shape index (κ1) is 101. The molecule has 17 nitrogen and oxygen atoms in total. The van der Waals surface area contributed by atoms with Crippen molar-refractivity contribution in [2.75, 3.05) is 39.6 Å². The molecule has 0 aliphatic heterocycles. The predicted octanol–water partition coefficient (Wildman–Crippen LogP) is 25.2. The lowest BCUT2D eigenvalue weighted by Crippen LogP contribution is -2.30. The number of carbonyl (C=O) groups excluding carboxylic acids is 4. The highest BCUT2D eigenvalue weighted by Crippen LogP contribution is 2.45. The van der Waals surface area contributed by atoms with Crippen LogP contribution in [0.1, 0.15) is 434 Å². The number of phosphoric ester groups is 2. The van der Waals surface area contributed by atoms with Crippen molar-refractivity contribution in [3.63, 3.8) is 0 Å². The molecule has 0 amide bonds. The number of ether oxygens (including phenoxy) is 4. The van der Waals surface area contributed by atoms with Gasteiger partial charge in [0.15, 0.2) is 12.2 Å². The fourth-order valence-corrected chi connectivity index (χ4v) is 14.5. The molecule has 0 aliphatic rings. The molecule has 0 aromatic heterocycles. The topological polar surface area (TPSA) is 237 Å². The Balaban J connectivity index is 5.20. The van der Waals surface area contributed by atoms with E-state index in [1.165, 1.54) is 231 Å². The number of hydrogen-bond acceptors (Lipinski definition) is 15. The van der Waals surface area contributed by atoms with Crippen LogP contribution in [0.3, 0.4) is 0 Å². The molecule has 0 aromatic carbocycles. The fraction of sp³-hybridized carbons (Fsp3) is 0.952. The number of esters is 4. The van der Waals surface area contributed by atoms with Gasteiger partial charge in [0.1, 0.15) is 19.3 Å². The van der Waals surface area contributed by atoms with Crippen LogP contribution in [0, 0.1) is 23.7 Å². The number of unbranched alkanes of at least 4 members (excludes halogenated alkanes) is 46. The fourth-order valence-electron chi connectivity index (χ4n) is 12.9. The maximum Gasteiger partial charge on any atom is 0.472 e. The Morgan fingerprint density at radius 3 is 0.689 bits per heavy atom. The minimum absolute atomic E-state index is 0.105. The van der Waals surface area contributed by atoms with Crippen LogP contribution < -0.4 is 0 Å². The third-order valence-corrected chi connectivity index (χ3v) is 21.8. The van der Waals surface area contributed by atoms with Crippen molar-refractivity contribution in [3.05, 3.63) is 0 Å². The third kappa shape index (κ3) is 76.6. The summed E-state index contributed by atoms with van der Waals surface area (Å²) in [6, 6.07) is 0. The molecular weight excluding hydrogens is 1340 g/mol. The largest absolute Gasteiger partial charge is 0.472 e. The summed E-state index contributed by atoms with van der Waals surface area (Å²) in [5.41, 5.74) is 0. The van der Waals surface area contributed by atoms with E-state index in [-0.39, 0.29) is 25.7 Å². The molecule has 0 saturated carbocycles. The Bertz CT molecular complexity index is 2010. The molecule has 0 rings (SSSR count). The molecule has 0 aliphatic carbocycles. The monoisotopic (exact) mass is 1510 g/mol. The van der Waals surface area contributed by atoms with E-state index >= 15 is 0 Å². The summed E-state index contributed by atoms with van der Waals surface area (Å²) in [5.74, 6) is 1.00. The highest BCUT2D eigenvalue weighted by Gasteiger charge is 2.30. The molecule has 0 spiro atoms. The van der Waals surface area contributed by atoms with Gasteiger partial charge in [-0.05, 0) is 49.4 Å². The van der Waals surface area contributed by atoms with Crippen LogP contribution in [-0.2, 0) is 65.4 Å². The molecule has 103 heavy (non-hydrogen) atoms. The van der Waals surface area contributed by atoms with Gasteiger partial charge in [-0.2, -0.15) is 0 Å². The van der Waals surface area contributed by atoms with Crippen molar-refractivity contribution in [1.82, 2.24) is 0 Å². The van der Waals surface area contributed by atoms with Crippen molar-refractivity contribution in [1.29, 1.82) is 0 Å². The van der Waals surface area contributed by atoms with Gasteiger partial charge in [0.05, 0.1) is 26.4 Å². The van der Waals surface area contributed by atoms with Gasteiger partial charge in [-0.3, -0.25) is 37.3 Å². The summed E-state index contributed by atoms with van der Waals surface area (Å²) in [5, 5.41) is 10.6. The van der Waals surface area contributed by atoms with Crippen molar-refractivity contribution in [2.24, 2.45) is 23.7 Å². The zero-order chi connectivity index (χ0) is 76.0. The lowest BCUT2D eigenvalue weighted by atomic mass is 9.99. The number of carbonyl (C=O) groups is 4. The maximum atomic E-state index is 13.1. The van der Waals surface area contributed by atoms with Gasteiger partial charge in [-0.25, -0.2) is 9.13 Å². The Labute approximate surface area is 632 Å².